The third-order valence-electron chi connectivity index (χ3n) is 2.45. The monoisotopic (exact) mass is 237 g/mol. The lowest BCUT2D eigenvalue weighted by molar-refractivity contribution is -0.128. The highest BCUT2D eigenvalue weighted by molar-refractivity contribution is 5.78. The lowest BCUT2D eigenvalue weighted by atomic mass is 10.1. The molecule has 0 radical (unpaired) electrons. The highest BCUT2D eigenvalue weighted by Gasteiger charge is 2.08. The molecule has 0 spiro atoms. The lowest BCUT2D eigenvalue weighted by Crippen LogP contribution is -2.21. The summed E-state index contributed by atoms with van der Waals surface area (Å²) in [4.78, 5) is 11.2. The normalized spacial score (nSPS) is 10.1. The van der Waals surface area contributed by atoms with Gasteiger partial charge in [0.05, 0.1) is 13.0 Å². The van der Waals surface area contributed by atoms with E-state index in [1.807, 2.05) is 25.1 Å². The van der Waals surface area contributed by atoms with Crippen molar-refractivity contribution in [2.45, 2.75) is 33.1 Å². The van der Waals surface area contributed by atoms with Crippen LogP contribution in [0.4, 0.5) is 0 Å². The van der Waals surface area contributed by atoms with Crippen molar-refractivity contribution in [2.75, 3.05) is 6.61 Å². The van der Waals surface area contributed by atoms with Crippen LogP contribution < -0.4 is 10.2 Å². The molecule has 4 nitrogen and oxygen atoms in total. The summed E-state index contributed by atoms with van der Waals surface area (Å²) in [5.74, 6) is 0.281. The predicted molar refractivity (Wildman–Crippen MR) is 65.2 cm³/mol. The summed E-state index contributed by atoms with van der Waals surface area (Å²) in [5.41, 5.74) is 3.50. The van der Waals surface area contributed by atoms with Crippen LogP contribution in [0.25, 0.3) is 0 Å². The summed E-state index contributed by atoms with van der Waals surface area (Å²) >= 11 is 0. The second kappa shape index (κ2) is 6.91. The van der Waals surface area contributed by atoms with Crippen molar-refractivity contribution in [2.24, 2.45) is 0 Å². The van der Waals surface area contributed by atoms with Gasteiger partial charge in [-0.15, -0.1) is 0 Å². The summed E-state index contributed by atoms with van der Waals surface area (Å²) in [5, 5.41) is 8.53. The Hall–Kier alpha value is -1.55. The van der Waals surface area contributed by atoms with Gasteiger partial charge in [-0.1, -0.05) is 31.0 Å². The zero-order valence-corrected chi connectivity index (χ0v) is 10.3. The maximum absolute atomic E-state index is 11.2. The van der Waals surface area contributed by atoms with E-state index in [1.165, 1.54) is 0 Å². The van der Waals surface area contributed by atoms with Crippen molar-refractivity contribution in [1.29, 1.82) is 0 Å². The summed E-state index contributed by atoms with van der Waals surface area (Å²) in [6.45, 7) is 4.70. The molecule has 0 unspecified atom stereocenters. The molecule has 0 saturated carbocycles. The van der Waals surface area contributed by atoms with E-state index in [9.17, 15) is 4.79 Å². The SMILES string of the molecule is CCCCOc1ccc(C)cc1CC(=O)NO. The molecule has 0 heterocycles. The minimum Gasteiger partial charge on any atom is -0.493 e. The van der Waals surface area contributed by atoms with Crippen molar-refractivity contribution in [3.8, 4) is 5.75 Å². The minimum absolute atomic E-state index is 0.125. The highest BCUT2D eigenvalue weighted by Crippen LogP contribution is 2.21. The molecule has 1 amide bonds. The zero-order valence-electron chi connectivity index (χ0n) is 10.3. The predicted octanol–water partition coefficient (Wildman–Crippen LogP) is 2.22. The van der Waals surface area contributed by atoms with E-state index in [0.29, 0.717) is 12.4 Å². The largest absolute Gasteiger partial charge is 0.493 e. The smallest absolute Gasteiger partial charge is 0.247 e. The molecule has 0 atom stereocenters. The summed E-state index contributed by atoms with van der Waals surface area (Å²) in [7, 11) is 0. The van der Waals surface area contributed by atoms with Gasteiger partial charge < -0.3 is 4.74 Å². The van der Waals surface area contributed by atoms with Crippen LogP contribution >= 0.6 is 0 Å². The van der Waals surface area contributed by atoms with E-state index >= 15 is 0 Å². The van der Waals surface area contributed by atoms with Crippen molar-refractivity contribution < 1.29 is 14.7 Å². The number of aryl methyl sites for hydroxylation is 1. The fourth-order valence-corrected chi connectivity index (χ4v) is 1.53. The third kappa shape index (κ3) is 4.44. The molecule has 1 rings (SSSR count). The van der Waals surface area contributed by atoms with E-state index in [0.717, 1.165) is 24.0 Å². The van der Waals surface area contributed by atoms with Crippen LogP contribution in [0.5, 0.6) is 5.75 Å². The van der Waals surface area contributed by atoms with E-state index in [4.69, 9.17) is 9.94 Å². The molecule has 0 aliphatic rings. The first-order valence-corrected chi connectivity index (χ1v) is 5.82. The van der Waals surface area contributed by atoms with Crippen molar-refractivity contribution in [3.05, 3.63) is 29.3 Å². The van der Waals surface area contributed by atoms with Crippen LogP contribution in [0.2, 0.25) is 0 Å². The molecular weight excluding hydrogens is 218 g/mol. The number of unbranched alkanes of at least 4 members (excludes halogenated alkanes) is 1. The van der Waals surface area contributed by atoms with Gasteiger partial charge in [-0.3, -0.25) is 10.0 Å². The van der Waals surface area contributed by atoms with Crippen LogP contribution in [-0.2, 0) is 11.2 Å². The Morgan fingerprint density at radius 1 is 1.47 bits per heavy atom. The fourth-order valence-electron chi connectivity index (χ4n) is 1.53. The van der Waals surface area contributed by atoms with Gasteiger partial charge in [0.15, 0.2) is 0 Å². The average molecular weight is 237 g/mol. The Morgan fingerprint density at radius 3 is 2.88 bits per heavy atom. The molecule has 94 valence electrons. The van der Waals surface area contributed by atoms with Crippen molar-refractivity contribution in [3.63, 3.8) is 0 Å². The first kappa shape index (κ1) is 13.5. The van der Waals surface area contributed by atoms with Gasteiger partial charge in [0, 0.05) is 5.56 Å². The number of carbonyl (C=O) groups is 1. The number of hydrogen-bond acceptors (Lipinski definition) is 3. The van der Waals surface area contributed by atoms with Crippen LogP contribution in [0.3, 0.4) is 0 Å². The Kier molecular flexibility index (Phi) is 5.49. The summed E-state index contributed by atoms with van der Waals surface area (Å²) < 4.78 is 5.62. The van der Waals surface area contributed by atoms with Crippen molar-refractivity contribution >= 4 is 5.91 Å². The summed E-state index contributed by atoms with van der Waals surface area (Å²) in [6, 6.07) is 5.71. The first-order chi connectivity index (χ1) is 8.17. The zero-order chi connectivity index (χ0) is 12.7. The van der Waals surface area contributed by atoms with Gasteiger partial charge in [-0.2, -0.15) is 0 Å². The Bertz CT molecular complexity index is 377. The van der Waals surface area contributed by atoms with E-state index in [2.05, 4.69) is 6.92 Å². The Labute approximate surface area is 102 Å². The number of hydroxylamine groups is 1. The molecule has 0 aliphatic heterocycles. The van der Waals surface area contributed by atoms with Gasteiger partial charge in [0.2, 0.25) is 5.91 Å². The molecule has 0 aromatic heterocycles. The minimum atomic E-state index is -0.434. The molecule has 0 saturated heterocycles. The number of hydrogen-bond donors (Lipinski definition) is 2. The van der Waals surface area contributed by atoms with Gasteiger partial charge in [-0.05, 0) is 19.4 Å². The van der Waals surface area contributed by atoms with Crippen LogP contribution in [-0.4, -0.2) is 17.7 Å². The van der Waals surface area contributed by atoms with E-state index < -0.39 is 5.91 Å². The second-order valence-corrected chi connectivity index (χ2v) is 4.02. The topological polar surface area (TPSA) is 58.6 Å². The quantitative estimate of drug-likeness (QED) is 0.453. The standard InChI is InChI=1S/C13H19NO3/c1-3-4-7-17-12-6-5-10(2)8-11(12)9-13(15)14-16/h5-6,8,16H,3-4,7,9H2,1-2H3,(H,14,15). The maximum atomic E-state index is 11.2. The van der Waals surface area contributed by atoms with Crippen LogP contribution in [0.15, 0.2) is 18.2 Å². The Morgan fingerprint density at radius 2 is 2.24 bits per heavy atom. The molecule has 1 aromatic rings. The number of ether oxygens (including phenoxy) is 1. The molecule has 2 N–H and O–H groups in total. The van der Waals surface area contributed by atoms with Crippen LogP contribution in [0.1, 0.15) is 30.9 Å². The number of rotatable bonds is 6. The average Bonchev–Trinajstić information content (AvgIpc) is 2.32. The van der Waals surface area contributed by atoms with Gasteiger partial charge >= 0.3 is 0 Å². The number of carbonyl (C=O) groups excluding carboxylic acids is 1. The fraction of sp³-hybridized carbons (Fsp3) is 0.462. The number of benzene rings is 1. The van der Waals surface area contributed by atoms with Gasteiger partial charge in [-0.25, -0.2) is 5.48 Å². The molecule has 0 fully saturated rings. The highest BCUT2D eigenvalue weighted by atomic mass is 16.5. The molecule has 17 heavy (non-hydrogen) atoms. The second-order valence-electron chi connectivity index (χ2n) is 4.02. The maximum Gasteiger partial charge on any atom is 0.247 e. The van der Waals surface area contributed by atoms with Gasteiger partial charge in [0.1, 0.15) is 5.75 Å². The van der Waals surface area contributed by atoms with E-state index in [1.54, 1.807) is 5.48 Å². The molecular formula is C13H19NO3. The lowest BCUT2D eigenvalue weighted by Gasteiger charge is -2.11. The molecule has 4 heteroatoms. The van der Waals surface area contributed by atoms with E-state index in [-0.39, 0.29) is 6.42 Å². The number of amides is 1. The van der Waals surface area contributed by atoms with Crippen molar-refractivity contribution in [1.82, 2.24) is 5.48 Å². The Balaban J connectivity index is 2.76. The van der Waals surface area contributed by atoms with Gasteiger partial charge in [0.25, 0.3) is 0 Å². The number of nitrogens with one attached hydrogen (secondary N) is 1. The third-order valence-corrected chi connectivity index (χ3v) is 2.45. The molecule has 0 aliphatic carbocycles. The molecule has 1 aromatic carbocycles. The van der Waals surface area contributed by atoms with Crippen LogP contribution in [0, 0.1) is 6.92 Å². The first-order valence-electron chi connectivity index (χ1n) is 5.82. The molecule has 0 bridgehead atoms. The summed E-state index contributed by atoms with van der Waals surface area (Å²) in [6.07, 6.45) is 2.18.